The summed E-state index contributed by atoms with van der Waals surface area (Å²) in [5.41, 5.74) is 7.25. The number of rotatable bonds is 7. The van der Waals surface area contributed by atoms with Crippen LogP contribution in [0.5, 0.6) is 5.75 Å². The minimum atomic E-state index is -3.66. The lowest BCUT2D eigenvalue weighted by Crippen LogP contribution is -2.49. The molecule has 1 aromatic carbocycles. The van der Waals surface area contributed by atoms with Crippen molar-refractivity contribution < 1.29 is 13.2 Å². The molecule has 5 nitrogen and oxygen atoms in total. The molecular formula is C15H27ClN2O3S. The third kappa shape index (κ3) is 4.84. The van der Waals surface area contributed by atoms with Crippen molar-refractivity contribution in [3.05, 3.63) is 23.3 Å². The summed E-state index contributed by atoms with van der Waals surface area (Å²) in [6.45, 7) is 7.78. The fourth-order valence-electron chi connectivity index (χ4n) is 2.22. The van der Waals surface area contributed by atoms with Crippen LogP contribution in [-0.4, -0.2) is 27.6 Å². The second-order valence-electron chi connectivity index (χ2n) is 5.51. The van der Waals surface area contributed by atoms with Crippen LogP contribution in [0.2, 0.25) is 0 Å². The average Bonchev–Trinajstić information content (AvgIpc) is 2.43. The number of nitrogens with one attached hydrogen (secondary N) is 1. The number of ether oxygens (including phenoxy) is 1. The van der Waals surface area contributed by atoms with E-state index in [4.69, 9.17) is 10.5 Å². The zero-order chi connectivity index (χ0) is 16.3. The summed E-state index contributed by atoms with van der Waals surface area (Å²) in [4.78, 5) is 0.185. The Hall–Kier alpha value is -0.820. The van der Waals surface area contributed by atoms with E-state index in [2.05, 4.69) is 4.72 Å². The molecular weight excluding hydrogens is 324 g/mol. The van der Waals surface area contributed by atoms with Crippen molar-refractivity contribution in [1.82, 2.24) is 4.72 Å². The molecule has 7 heteroatoms. The SMILES string of the molecule is CCC(N)(CC)CNS(=O)(=O)c1c(C)cc(C)cc1OC.Cl. The molecule has 0 radical (unpaired) electrons. The molecule has 1 aromatic rings. The maximum atomic E-state index is 12.6. The molecule has 1 rings (SSSR count). The molecule has 0 saturated heterocycles. The number of hydrogen-bond acceptors (Lipinski definition) is 4. The molecule has 0 bridgehead atoms. The van der Waals surface area contributed by atoms with Gasteiger partial charge < -0.3 is 10.5 Å². The maximum absolute atomic E-state index is 12.6. The van der Waals surface area contributed by atoms with Crippen LogP contribution in [0.1, 0.15) is 37.8 Å². The van der Waals surface area contributed by atoms with Crippen molar-refractivity contribution in [3.63, 3.8) is 0 Å². The van der Waals surface area contributed by atoms with Gasteiger partial charge in [0.1, 0.15) is 10.6 Å². The van der Waals surface area contributed by atoms with E-state index in [1.165, 1.54) is 7.11 Å². The van der Waals surface area contributed by atoms with Crippen molar-refractivity contribution in [2.24, 2.45) is 5.73 Å². The molecule has 0 fully saturated rings. The third-order valence-corrected chi connectivity index (χ3v) is 5.48. The second kappa shape index (κ2) is 8.15. The Balaban J connectivity index is 0.00000441. The Morgan fingerprint density at radius 2 is 1.77 bits per heavy atom. The van der Waals surface area contributed by atoms with Crippen LogP contribution in [0, 0.1) is 13.8 Å². The summed E-state index contributed by atoms with van der Waals surface area (Å²) in [5.74, 6) is 0.357. The number of halogens is 1. The highest BCUT2D eigenvalue weighted by Crippen LogP contribution is 2.28. The van der Waals surface area contributed by atoms with Gasteiger partial charge in [0, 0.05) is 12.1 Å². The molecule has 0 aliphatic carbocycles. The molecule has 3 N–H and O–H groups in total. The summed E-state index contributed by atoms with van der Waals surface area (Å²) in [6, 6.07) is 3.54. The van der Waals surface area contributed by atoms with E-state index in [9.17, 15) is 8.42 Å². The van der Waals surface area contributed by atoms with Crippen LogP contribution in [0.4, 0.5) is 0 Å². The standard InChI is InChI=1S/C15H26N2O3S.ClH/c1-6-15(16,7-2)10-17-21(18,19)14-12(4)8-11(3)9-13(14)20-5;/h8-9,17H,6-7,10,16H2,1-5H3;1H. The van der Waals surface area contributed by atoms with Gasteiger partial charge in [-0.15, -0.1) is 12.4 Å². The predicted molar refractivity (Wildman–Crippen MR) is 92.4 cm³/mol. The van der Waals surface area contributed by atoms with Crippen LogP contribution < -0.4 is 15.2 Å². The molecule has 128 valence electrons. The van der Waals surface area contributed by atoms with Crippen LogP contribution in [0.25, 0.3) is 0 Å². The zero-order valence-corrected chi connectivity index (χ0v) is 15.5. The van der Waals surface area contributed by atoms with E-state index in [1.54, 1.807) is 13.0 Å². The Morgan fingerprint density at radius 1 is 1.23 bits per heavy atom. The van der Waals surface area contributed by atoms with Gasteiger partial charge in [-0.25, -0.2) is 13.1 Å². The Kier molecular flexibility index (Phi) is 7.85. The molecule has 0 saturated carbocycles. The summed E-state index contributed by atoms with van der Waals surface area (Å²) in [6.07, 6.45) is 1.41. The quantitative estimate of drug-likeness (QED) is 0.791. The van der Waals surface area contributed by atoms with Gasteiger partial charge in [0.25, 0.3) is 0 Å². The molecule has 0 unspecified atom stereocenters. The fourth-order valence-corrected chi connectivity index (χ4v) is 3.73. The van der Waals surface area contributed by atoms with Gasteiger partial charge in [-0.2, -0.15) is 0 Å². The van der Waals surface area contributed by atoms with Crippen molar-refractivity contribution in [1.29, 1.82) is 0 Å². The normalized spacial score (nSPS) is 11.9. The maximum Gasteiger partial charge on any atom is 0.244 e. The average molecular weight is 351 g/mol. The van der Waals surface area contributed by atoms with Gasteiger partial charge in [-0.3, -0.25) is 0 Å². The van der Waals surface area contributed by atoms with Crippen molar-refractivity contribution in [2.75, 3.05) is 13.7 Å². The van der Waals surface area contributed by atoms with E-state index in [-0.39, 0.29) is 23.8 Å². The van der Waals surface area contributed by atoms with Crippen LogP contribution in [0.3, 0.4) is 0 Å². The number of aryl methyl sites for hydroxylation is 2. The summed E-state index contributed by atoms with van der Waals surface area (Å²) in [5, 5.41) is 0. The monoisotopic (exact) mass is 350 g/mol. The first-order valence-electron chi connectivity index (χ1n) is 7.13. The Bertz CT molecular complexity index is 599. The smallest absolute Gasteiger partial charge is 0.244 e. The highest BCUT2D eigenvalue weighted by molar-refractivity contribution is 7.89. The van der Waals surface area contributed by atoms with Crippen molar-refractivity contribution in [3.8, 4) is 5.75 Å². The zero-order valence-electron chi connectivity index (χ0n) is 13.9. The molecule has 22 heavy (non-hydrogen) atoms. The van der Waals surface area contributed by atoms with Gasteiger partial charge in [0.2, 0.25) is 10.0 Å². The minimum Gasteiger partial charge on any atom is -0.495 e. The van der Waals surface area contributed by atoms with Crippen molar-refractivity contribution >= 4 is 22.4 Å². The number of hydrogen-bond donors (Lipinski definition) is 2. The van der Waals surface area contributed by atoms with E-state index in [0.717, 1.165) is 5.56 Å². The number of sulfonamides is 1. The number of methoxy groups -OCH3 is 1. The molecule has 0 amide bonds. The predicted octanol–water partition coefficient (Wildman–Crippen LogP) is 2.53. The van der Waals surface area contributed by atoms with Gasteiger partial charge in [0.05, 0.1) is 7.11 Å². The molecule has 0 heterocycles. The first kappa shape index (κ1) is 21.2. The van der Waals surface area contributed by atoms with E-state index in [0.29, 0.717) is 24.2 Å². The van der Waals surface area contributed by atoms with E-state index in [1.807, 2.05) is 26.8 Å². The minimum absolute atomic E-state index is 0. The van der Waals surface area contributed by atoms with Gasteiger partial charge >= 0.3 is 0 Å². The molecule has 0 aromatic heterocycles. The summed E-state index contributed by atoms with van der Waals surface area (Å²) in [7, 11) is -2.19. The lowest BCUT2D eigenvalue weighted by molar-refractivity contribution is 0.388. The molecule has 0 atom stereocenters. The summed E-state index contributed by atoms with van der Waals surface area (Å²) >= 11 is 0. The Labute approximate surface area is 140 Å². The first-order valence-corrected chi connectivity index (χ1v) is 8.61. The largest absolute Gasteiger partial charge is 0.495 e. The van der Waals surface area contributed by atoms with Gasteiger partial charge in [-0.05, 0) is 43.9 Å². The van der Waals surface area contributed by atoms with Crippen LogP contribution >= 0.6 is 12.4 Å². The third-order valence-electron chi connectivity index (χ3n) is 3.90. The highest BCUT2D eigenvalue weighted by Gasteiger charge is 2.27. The lowest BCUT2D eigenvalue weighted by atomic mass is 9.95. The number of nitrogens with two attached hydrogens (primary N) is 1. The van der Waals surface area contributed by atoms with Crippen LogP contribution in [-0.2, 0) is 10.0 Å². The lowest BCUT2D eigenvalue weighted by Gasteiger charge is -2.27. The van der Waals surface area contributed by atoms with E-state index >= 15 is 0 Å². The fraction of sp³-hybridized carbons (Fsp3) is 0.600. The second-order valence-corrected chi connectivity index (χ2v) is 7.21. The van der Waals surface area contributed by atoms with Gasteiger partial charge in [-0.1, -0.05) is 19.9 Å². The Morgan fingerprint density at radius 3 is 2.23 bits per heavy atom. The summed E-state index contributed by atoms with van der Waals surface area (Å²) < 4.78 is 33.0. The molecule has 0 aliphatic heterocycles. The first-order chi connectivity index (χ1) is 9.69. The molecule has 0 spiro atoms. The highest BCUT2D eigenvalue weighted by atomic mass is 35.5. The van der Waals surface area contributed by atoms with Gasteiger partial charge in [0.15, 0.2) is 0 Å². The van der Waals surface area contributed by atoms with Crippen molar-refractivity contribution in [2.45, 2.75) is 51.0 Å². The number of benzene rings is 1. The van der Waals surface area contributed by atoms with E-state index < -0.39 is 15.6 Å². The van der Waals surface area contributed by atoms with Crippen LogP contribution in [0.15, 0.2) is 17.0 Å². The molecule has 0 aliphatic rings. The topological polar surface area (TPSA) is 81.4 Å².